The largest absolute Gasteiger partial charge is 0.350 e. The number of fused-ring (bicyclic) bond motifs is 1. The van der Waals surface area contributed by atoms with Crippen molar-refractivity contribution in [1.29, 1.82) is 0 Å². The van der Waals surface area contributed by atoms with Crippen LogP contribution in [0.5, 0.6) is 0 Å². The third-order valence-electron chi connectivity index (χ3n) is 3.31. The van der Waals surface area contributed by atoms with Crippen LogP contribution in [0.1, 0.15) is 21.9 Å². The Balaban J connectivity index is 1.63. The van der Waals surface area contributed by atoms with Gasteiger partial charge in [-0.15, -0.1) is 0 Å². The van der Waals surface area contributed by atoms with Gasteiger partial charge in [-0.3, -0.25) is 14.6 Å². The number of rotatable bonds is 4. The van der Waals surface area contributed by atoms with E-state index in [1.54, 1.807) is 0 Å². The summed E-state index contributed by atoms with van der Waals surface area (Å²) >= 11 is 0. The molecule has 0 fully saturated rings. The standard InChI is InChI=1S/C15H15N5O2/c1-9-3-2-4-10-14(9)20-12(18-10)5-6-17-15(22)11-7-16-8-13(21)19-11/h2-4,7-8H,5-6H2,1H3,(H,17,22)(H,18,20)(H,19,21). The van der Waals surface area contributed by atoms with Gasteiger partial charge in [-0.25, -0.2) is 4.98 Å². The van der Waals surface area contributed by atoms with Crippen molar-refractivity contribution in [2.45, 2.75) is 13.3 Å². The van der Waals surface area contributed by atoms with Crippen molar-refractivity contribution in [1.82, 2.24) is 25.3 Å². The number of para-hydroxylation sites is 1. The number of nitrogens with one attached hydrogen (secondary N) is 3. The van der Waals surface area contributed by atoms with Crippen LogP contribution >= 0.6 is 0 Å². The number of imidazole rings is 1. The molecule has 0 bridgehead atoms. The average molecular weight is 297 g/mol. The molecular weight excluding hydrogens is 282 g/mol. The number of aromatic amines is 2. The van der Waals surface area contributed by atoms with Gasteiger partial charge >= 0.3 is 0 Å². The lowest BCUT2D eigenvalue weighted by atomic mass is 10.2. The molecule has 0 unspecified atom stereocenters. The van der Waals surface area contributed by atoms with E-state index in [1.165, 1.54) is 6.20 Å². The topological polar surface area (TPSA) is 104 Å². The van der Waals surface area contributed by atoms with Gasteiger partial charge in [0.1, 0.15) is 11.5 Å². The van der Waals surface area contributed by atoms with Gasteiger partial charge in [0.2, 0.25) is 0 Å². The molecule has 2 heterocycles. The van der Waals surface area contributed by atoms with Crippen molar-refractivity contribution in [2.24, 2.45) is 0 Å². The van der Waals surface area contributed by atoms with Crippen LogP contribution in [0, 0.1) is 6.92 Å². The number of aromatic nitrogens is 4. The van der Waals surface area contributed by atoms with Gasteiger partial charge in [-0.1, -0.05) is 12.1 Å². The molecule has 0 spiro atoms. The zero-order valence-corrected chi connectivity index (χ0v) is 12.0. The molecule has 3 aromatic rings. The number of H-pyrrole nitrogens is 2. The summed E-state index contributed by atoms with van der Waals surface area (Å²) in [7, 11) is 0. The van der Waals surface area contributed by atoms with Gasteiger partial charge in [0.05, 0.1) is 23.4 Å². The number of benzene rings is 1. The Morgan fingerprint density at radius 3 is 2.91 bits per heavy atom. The summed E-state index contributed by atoms with van der Waals surface area (Å²) in [4.78, 5) is 36.8. The highest BCUT2D eigenvalue weighted by atomic mass is 16.2. The van der Waals surface area contributed by atoms with E-state index in [1.807, 2.05) is 25.1 Å². The van der Waals surface area contributed by atoms with Crippen LogP contribution in [0.2, 0.25) is 0 Å². The van der Waals surface area contributed by atoms with Crippen molar-refractivity contribution in [2.75, 3.05) is 6.54 Å². The predicted molar refractivity (Wildman–Crippen MR) is 81.7 cm³/mol. The minimum Gasteiger partial charge on any atom is -0.350 e. The highest BCUT2D eigenvalue weighted by Crippen LogP contribution is 2.15. The molecule has 112 valence electrons. The van der Waals surface area contributed by atoms with Crippen molar-refractivity contribution < 1.29 is 4.79 Å². The minimum absolute atomic E-state index is 0.146. The van der Waals surface area contributed by atoms with E-state index in [-0.39, 0.29) is 11.6 Å². The zero-order chi connectivity index (χ0) is 15.5. The zero-order valence-electron chi connectivity index (χ0n) is 12.0. The molecule has 7 heteroatoms. The molecule has 1 amide bonds. The first kappa shape index (κ1) is 14.0. The summed E-state index contributed by atoms with van der Waals surface area (Å²) < 4.78 is 0. The first-order chi connectivity index (χ1) is 10.6. The monoisotopic (exact) mass is 297 g/mol. The van der Waals surface area contributed by atoms with Gasteiger partial charge in [0.15, 0.2) is 0 Å². The Kier molecular flexibility index (Phi) is 3.69. The second kappa shape index (κ2) is 5.80. The second-order valence-corrected chi connectivity index (χ2v) is 4.97. The van der Waals surface area contributed by atoms with Crippen LogP contribution in [-0.4, -0.2) is 32.4 Å². The first-order valence-electron chi connectivity index (χ1n) is 6.90. The minimum atomic E-state index is -0.402. The van der Waals surface area contributed by atoms with E-state index in [4.69, 9.17) is 0 Å². The Hall–Kier alpha value is -2.96. The molecule has 0 atom stereocenters. The van der Waals surface area contributed by atoms with Crippen molar-refractivity contribution in [3.63, 3.8) is 0 Å². The summed E-state index contributed by atoms with van der Waals surface area (Å²) in [6.07, 6.45) is 3.01. The third-order valence-corrected chi connectivity index (χ3v) is 3.31. The fourth-order valence-electron chi connectivity index (χ4n) is 2.23. The van der Waals surface area contributed by atoms with Crippen molar-refractivity contribution in [3.05, 3.63) is 58.0 Å². The van der Waals surface area contributed by atoms with Gasteiger partial charge in [-0.2, -0.15) is 0 Å². The van der Waals surface area contributed by atoms with Gasteiger partial charge in [-0.05, 0) is 18.6 Å². The number of amides is 1. The van der Waals surface area contributed by atoms with Crippen molar-refractivity contribution in [3.8, 4) is 0 Å². The maximum Gasteiger partial charge on any atom is 0.269 e. The van der Waals surface area contributed by atoms with E-state index < -0.39 is 5.56 Å². The number of hydrogen-bond donors (Lipinski definition) is 3. The highest BCUT2D eigenvalue weighted by molar-refractivity contribution is 5.91. The van der Waals surface area contributed by atoms with Crippen LogP contribution < -0.4 is 10.9 Å². The smallest absolute Gasteiger partial charge is 0.269 e. The van der Waals surface area contributed by atoms with Gasteiger partial charge < -0.3 is 15.3 Å². The number of carbonyl (C=O) groups is 1. The molecule has 3 N–H and O–H groups in total. The molecule has 2 aromatic heterocycles. The molecule has 0 saturated carbocycles. The van der Waals surface area contributed by atoms with E-state index in [0.29, 0.717) is 13.0 Å². The summed E-state index contributed by atoms with van der Waals surface area (Å²) in [5.41, 5.74) is 2.78. The maximum absolute atomic E-state index is 11.9. The molecule has 0 aliphatic carbocycles. The Labute approximate surface area is 125 Å². The number of hydrogen-bond acceptors (Lipinski definition) is 4. The van der Waals surface area contributed by atoms with Crippen LogP contribution in [0.25, 0.3) is 11.0 Å². The molecule has 0 aliphatic heterocycles. The molecule has 0 aliphatic rings. The van der Waals surface area contributed by atoms with E-state index in [0.717, 1.165) is 28.6 Å². The third kappa shape index (κ3) is 2.88. The van der Waals surface area contributed by atoms with Crippen LogP contribution in [0.4, 0.5) is 0 Å². The van der Waals surface area contributed by atoms with Crippen LogP contribution in [0.3, 0.4) is 0 Å². The van der Waals surface area contributed by atoms with E-state index in [2.05, 4.69) is 25.3 Å². The number of nitrogens with zero attached hydrogens (tertiary/aromatic N) is 2. The highest BCUT2D eigenvalue weighted by Gasteiger charge is 2.08. The second-order valence-electron chi connectivity index (χ2n) is 4.97. The Bertz CT molecular complexity index is 881. The lowest BCUT2D eigenvalue weighted by molar-refractivity contribution is 0.0948. The lowest BCUT2D eigenvalue weighted by Crippen LogP contribution is -2.28. The van der Waals surface area contributed by atoms with E-state index >= 15 is 0 Å². The lowest BCUT2D eigenvalue weighted by Gasteiger charge is -2.02. The Morgan fingerprint density at radius 2 is 2.14 bits per heavy atom. The predicted octanol–water partition coefficient (Wildman–Crippen LogP) is 0.927. The fourth-order valence-corrected chi connectivity index (χ4v) is 2.23. The molecule has 3 rings (SSSR count). The summed E-state index contributed by atoms with van der Waals surface area (Å²) in [6, 6.07) is 5.95. The summed E-state index contributed by atoms with van der Waals surface area (Å²) in [5, 5.41) is 2.72. The molecule has 1 aromatic carbocycles. The Morgan fingerprint density at radius 1 is 1.27 bits per heavy atom. The number of aryl methyl sites for hydroxylation is 1. The summed E-state index contributed by atoms with van der Waals surface area (Å²) in [5.74, 6) is 0.446. The van der Waals surface area contributed by atoms with Gasteiger partial charge in [0, 0.05) is 13.0 Å². The maximum atomic E-state index is 11.9. The molecular formula is C15H15N5O2. The van der Waals surface area contributed by atoms with E-state index in [9.17, 15) is 9.59 Å². The molecule has 0 radical (unpaired) electrons. The van der Waals surface area contributed by atoms with Crippen LogP contribution in [0.15, 0.2) is 35.4 Å². The average Bonchev–Trinajstić information content (AvgIpc) is 2.91. The summed E-state index contributed by atoms with van der Waals surface area (Å²) in [6.45, 7) is 2.42. The molecule has 7 nitrogen and oxygen atoms in total. The van der Waals surface area contributed by atoms with Crippen molar-refractivity contribution >= 4 is 16.9 Å². The van der Waals surface area contributed by atoms with Crippen LogP contribution in [-0.2, 0) is 6.42 Å². The fraction of sp³-hybridized carbons (Fsp3) is 0.200. The molecule has 22 heavy (non-hydrogen) atoms. The van der Waals surface area contributed by atoms with Gasteiger partial charge in [0.25, 0.3) is 11.5 Å². The SMILES string of the molecule is Cc1cccc2[nH]c(CCNC(=O)c3cncc(=O)[nH]3)nc12. The quantitative estimate of drug-likeness (QED) is 0.666. The number of carbonyl (C=O) groups excluding carboxylic acids is 1. The first-order valence-corrected chi connectivity index (χ1v) is 6.90. The normalized spacial score (nSPS) is 10.8. The molecule has 0 saturated heterocycles.